The lowest BCUT2D eigenvalue weighted by atomic mass is 10.1. The Hall–Kier alpha value is -4.15. The Labute approximate surface area is 183 Å². The highest BCUT2D eigenvalue weighted by molar-refractivity contribution is 5.95. The molecule has 1 aromatic heterocycles. The molecule has 1 saturated heterocycles. The molecule has 1 aliphatic heterocycles. The van der Waals surface area contributed by atoms with Gasteiger partial charge in [-0.1, -0.05) is 6.07 Å². The van der Waals surface area contributed by atoms with Crippen LogP contribution in [-0.4, -0.2) is 66.1 Å². The number of ether oxygens (including phenoxy) is 2. The van der Waals surface area contributed by atoms with E-state index in [4.69, 9.17) is 15.2 Å². The molecule has 0 aliphatic carbocycles. The number of nitro groups is 1. The number of carbonyl (C=O) groups is 1. The van der Waals surface area contributed by atoms with E-state index in [0.717, 1.165) is 0 Å². The Morgan fingerprint density at radius 1 is 1.06 bits per heavy atom. The van der Waals surface area contributed by atoms with Crippen LogP contribution in [0.15, 0.2) is 36.4 Å². The van der Waals surface area contributed by atoms with E-state index in [1.54, 1.807) is 37.3 Å². The van der Waals surface area contributed by atoms with E-state index in [9.17, 15) is 14.9 Å². The van der Waals surface area contributed by atoms with Gasteiger partial charge in [0.05, 0.1) is 24.7 Å². The highest BCUT2D eigenvalue weighted by Crippen LogP contribution is 2.34. The SMILES string of the molecule is COc1cc2nc(N3CCN(C(=O)c4cccc([N+](=O)[O-])c4)CC3)nc(N)c2cc1OC. The first-order chi connectivity index (χ1) is 15.4. The van der Waals surface area contributed by atoms with Crippen molar-refractivity contribution in [1.82, 2.24) is 14.9 Å². The van der Waals surface area contributed by atoms with Gasteiger partial charge in [0, 0.05) is 55.3 Å². The van der Waals surface area contributed by atoms with Gasteiger partial charge in [-0.05, 0) is 12.1 Å². The number of anilines is 2. The smallest absolute Gasteiger partial charge is 0.270 e. The van der Waals surface area contributed by atoms with Gasteiger partial charge in [-0.3, -0.25) is 14.9 Å². The third kappa shape index (κ3) is 3.92. The zero-order valence-electron chi connectivity index (χ0n) is 17.6. The van der Waals surface area contributed by atoms with Crippen molar-refractivity contribution in [3.05, 3.63) is 52.1 Å². The number of hydrogen-bond donors (Lipinski definition) is 1. The minimum Gasteiger partial charge on any atom is -0.493 e. The van der Waals surface area contributed by atoms with Crippen LogP contribution in [0.25, 0.3) is 10.9 Å². The van der Waals surface area contributed by atoms with Gasteiger partial charge >= 0.3 is 0 Å². The zero-order valence-corrected chi connectivity index (χ0v) is 17.6. The molecular weight excluding hydrogens is 416 g/mol. The normalized spacial score (nSPS) is 13.8. The van der Waals surface area contributed by atoms with Gasteiger partial charge in [0.1, 0.15) is 5.82 Å². The number of carbonyl (C=O) groups excluding carboxylic acids is 1. The van der Waals surface area contributed by atoms with Gasteiger partial charge in [0.25, 0.3) is 11.6 Å². The summed E-state index contributed by atoms with van der Waals surface area (Å²) in [6.45, 7) is 1.85. The van der Waals surface area contributed by atoms with Gasteiger partial charge in [-0.2, -0.15) is 4.98 Å². The number of methoxy groups -OCH3 is 2. The quantitative estimate of drug-likeness (QED) is 0.469. The molecule has 32 heavy (non-hydrogen) atoms. The summed E-state index contributed by atoms with van der Waals surface area (Å²) < 4.78 is 10.7. The number of benzene rings is 2. The van der Waals surface area contributed by atoms with Gasteiger partial charge in [0.2, 0.25) is 5.95 Å². The second kappa shape index (κ2) is 8.53. The molecule has 11 heteroatoms. The Morgan fingerprint density at radius 2 is 1.75 bits per heavy atom. The van der Waals surface area contributed by atoms with Crippen molar-refractivity contribution in [2.75, 3.05) is 51.0 Å². The van der Waals surface area contributed by atoms with Crippen molar-refractivity contribution in [3.63, 3.8) is 0 Å². The number of nitrogen functional groups attached to an aromatic ring is 1. The van der Waals surface area contributed by atoms with Crippen molar-refractivity contribution >= 4 is 34.3 Å². The molecule has 2 N–H and O–H groups in total. The summed E-state index contributed by atoms with van der Waals surface area (Å²) >= 11 is 0. The summed E-state index contributed by atoms with van der Waals surface area (Å²) in [4.78, 5) is 35.9. The molecule has 2 heterocycles. The van der Waals surface area contributed by atoms with Gasteiger partial charge in [0.15, 0.2) is 11.5 Å². The minimum absolute atomic E-state index is 0.110. The third-order valence-corrected chi connectivity index (χ3v) is 5.37. The van der Waals surface area contributed by atoms with E-state index in [1.165, 1.54) is 18.2 Å². The Bertz CT molecular complexity index is 1190. The molecule has 3 aromatic rings. The maximum Gasteiger partial charge on any atom is 0.270 e. The maximum atomic E-state index is 12.8. The maximum absolute atomic E-state index is 12.8. The van der Waals surface area contributed by atoms with Crippen LogP contribution in [0, 0.1) is 10.1 Å². The van der Waals surface area contributed by atoms with E-state index in [0.29, 0.717) is 65.9 Å². The molecule has 166 valence electrons. The summed E-state index contributed by atoms with van der Waals surface area (Å²) in [5, 5.41) is 11.6. The van der Waals surface area contributed by atoms with Crippen LogP contribution in [-0.2, 0) is 0 Å². The average molecular weight is 438 g/mol. The molecule has 0 spiro atoms. The number of non-ortho nitro benzene ring substituents is 1. The van der Waals surface area contributed by atoms with Crippen LogP contribution in [0.4, 0.5) is 17.5 Å². The van der Waals surface area contributed by atoms with Crippen LogP contribution < -0.4 is 20.1 Å². The number of hydrogen-bond acceptors (Lipinski definition) is 9. The first kappa shape index (κ1) is 21.1. The standard InChI is InChI=1S/C21H22N6O5/c1-31-17-11-15-16(12-18(17)32-2)23-21(24-19(15)22)26-8-6-25(7-9-26)20(28)13-4-3-5-14(10-13)27(29)30/h3-5,10-12H,6-9H2,1-2H3,(H2,22,23,24). The first-order valence-corrected chi connectivity index (χ1v) is 9.89. The Balaban J connectivity index is 1.52. The largest absolute Gasteiger partial charge is 0.493 e. The number of nitrogens with zero attached hydrogens (tertiary/aromatic N) is 5. The molecule has 2 aromatic carbocycles. The van der Waals surface area contributed by atoms with E-state index in [-0.39, 0.29) is 11.6 Å². The van der Waals surface area contributed by atoms with Gasteiger partial charge in [-0.25, -0.2) is 4.98 Å². The summed E-state index contributed by atoms with van der Waals surface area (Å²) in [7, 11) is 3.09. The molecule has 4 rings (SSSR count). The zero-order chi connectivity index (χ0) is 22.8. The number of aromatic nitrogens is 2. The Kier molecular flexibility index (Phi) is 5.63. The lowest BCUT2D eigenvalue weighted by Crippen LogP contribution is -2.49. The second-order valence-corrected chi connectivity index (χ2v) is 7.22. The van der Waals surface area contributed by atoms with Gasteiger partial charge < -0.3 is 25.0 Å². The molecule has 0 bridgehead atoms. The summed E-state index contributed by atoms with van der Waals surface area (Å²) in [5.41, 5.74) is 6.98. The highest BCUT2D eigenvalue weighted by Gasteiger charge is 2.25. The molecule has 0 unspecified atom stereocenters. The third-order valence-electron chi connectivity index (χ3n) is 5.37. The minimum atomic E-state index is -0.513. The summed E-state index contributed by atoms with van der Waals surface area (Å²) in [5.74, 6) is 1.61. The number of amides is 1. The number of nitro benzene ring substituents is 1. The van der Waals surface area contributed by atoms with Crippen molar-refractivity contribution in [1.29, 1.82) is 0 Å². The lowest BCUT2D eigenvalue weighted by Gasteiger charge is -2.35. The van der Waals surface area contributed by atoms with E-state index < -0.39 is 4.92 Å². The van der Waals surface area contributed by atoms with E-state index >= 15 is 0 Å². The monoisotopic (exact) mass is 438 g/mol. The van der Waals surface area contributed by atoms with Crippen molar-refractivity contribution in [2.45, 2.75) is 0 Å². The molecule has 1 fully saturated rings. The predicted octanol–water partition coefficient (Wildman–Crippen LogP) is 2.10. The average Bonchev–Trinajstić information content (AvgIpc) is 2.82. The van der Waals surface area contributed by atoms with Crippen LogP contribution in [0.2, 0.25) is 0 Å². The van der Waals surface area contributed by atoms with Crippen molar-refractivity contribution in [3.8, 4) is 11.5 Å². The molecule has 0 radical (unpaired) electrons. The van der Waals surface area contributed by atoms with Crippen LogP contribution in [0.1, 0.15) is 10.4 Å². The molecule has 0 atom stereocenters. The molecule has 1 amide bonds. The molecule has 1 aliphatic rings. The van der Waals surface area contributed by atoms with Crippen LogP contribution in [0.3, 0.4) is 0 Å². The summed E-state index contributed by atoms with van der Waals surface area (Å²) in [6.07, 6.45) is 0. The van der Waals surface area contributed by atoms with Gasteiger partial charge in [-0.15, -0.1) is 0 Å². The van der Waals surface area contributed by atoms with E-state index in [2.05, 4.69) is 9.97 Å². The number of fused-ring (bicyclic) bond motifs is 1. The highest BCUT2D eigenvalue weighted by atomic mass is 16.6. The number of rotatable bonds is 5. The van der Waals surface area contributed by atoms with E-state index in [1.807, 2.05) is 4.90 Å². The molecule has 11 nitrogen and oxygen atoms in total. The predicted molar refractivity (Wildman–Crippen MR) is 118 cm³/mol. The second-order valence-electron chi connectivity index (χ2n) is 7.22. The topological polar surface area (TPSA) is 137 Å². The molecular formula is C21H22N6O5. The number of nitrogens with two attached hydrogens (primary N) is 1. The van der Waals surface area contributed by atoms with Crippen molar-refractivity contribution < 1.29 is 19.2 Å². The lowest BCUT2D eigenvalue weighted by molar-refractivity contribution is -0.384. The van der Waals surface area contributed by atoms with Crippen LogP contribution >= 0.6 is 0 Å². The fourth-order valence-electron chi connectivity index (χ4n) is 3.65. The molecule has 0 saturated carbocycles. The fraction of sp³-hybridized carbons (Fsp3) is 0.286. The first-order valence-electron chi connectivity index (χ1n) is 9.89. The summed E-state index contributed by atoms with van der Waals surface area (Å²) in [6, 6.07) is 9.23. The van der Waals surface area contributed by atoms with Crippen molar-refractivity contribution in [2.24, 2.45) is 0 Å². The number of piperazine rings is 1. The Morgan fingerprint density at radius 3 is 2.41 bits per heavy atom. The van der Waals surface area contributed by atoms with Crippen LogP contribution in [0.5, 0.6) is 11.5 Å². The fourth-order valence-corrected chi connectivity index (χ4v) is 3.65.